The van der Waals surface area contributed by atoms with E-state index >= 15 is 0 Å². The van der Waals surface area contributed by atoms with E-state index in [1.54, 1.807) is 18.2 Å². The number of rotatable bonds is 9. The number of aromatic nitrogens is 2. The summed E-state index contributed by atoms with van der Waals surface area (Å²) in [6.45, 7) is 1.49. The first-order valence-electron chi connectivity index (χ1n) is 10.9. The molecular formula is C25H23Cl2N3O5S. The zero-order valence-electron chi connectivity index (χ0n) is 19.4. The second kappa shape index (κ2) is 11.2. The molecule has 1 aliphatic heterocycles. The second-order valence-corrected chi connectivity index (χ2v) is 10.9. The molecule has 3 aromatic rings. The SMILES string of the molecule is C#Cc1cc(N2CCOc3cc(OCc4ccnc(CS(C)(=O)=O)n4)ccc32)cc(Cl)c1OCCCl. The van der Waals surface area contributed by atoms with E-state index in [0.29, 0.717) is 59.2 Å². The fourth-order valence-corrected chi connectivity index (χ4v) is 4.62. The Kier molecular flexibility index (Phi) is 8.09. The van der Waals surface area contributed by atoms with E-state index in [-0.39, 0.29) is 18.2 Å². The Morgan fingerprint density at radius 2 is 2.06 bits per heavy atom. The molecule has 36 heavy (non-hydrogen) atoms. The summed E-state index contributed by atoms with van der Waals surface area (Å²) in [5.74, 6) is 4.60. The molecule has 0 amide bonds. The van der Waals surface area contributed by atoms with Gasteiger partial charge < -0.3 is 19.1 Å². The highest BCUT2D eigenvalue weighted by atomic mass is 35.5. The number of alkyl halides is 1. The van der Waals surface area contributed by atoms with Crippen LogP contribution in [0.25, 0.3) is 0 Å². The third kappa shape index (κ3) is 6.32. The number of terminal acetylenes is 1. The van der Waals surface area contributed by atoms with E-state index in [1.807, 2.05) is 18.2 Å². The Morgan fingerprint density at radius 3 is 2.81 bits per heavy atom. The summed E-state index contributed by atoms with van der Waals surface area (Å²) < 4.78 is 40.4. The van der Waals surface area contributed by atoms with Gasteiger partial charge in [0.1, 0.15) is 42.9 Å². The molecule has 0 fully saturated rings. The molecule has 0 spiro atoms. The highest BCUT2D eigenvalue weighted by Gasteiger charge is 2.22. The van der Waals surface area contributed by atoms with E-state index < -0.39 is 9.84 Å². The fraction of sp³-hybridized carbons (Fsp3) is 0.280. The third-order valence-electron chi connectivity index (χ3n) is 5.15. The van der Waals surface area contributed by atoms with E-state index in [2.05, 4.69) is 20.8 Å². The monoisotopic (exact) mass is 547 g/mol. The summed E-state index contributed by atoms with van der Waals surface area (Å²) in [6, 6.07) is 10.8. The van der Waals surface area contributed by atoms with E-state index in [0.717, 1.165) is 17.6 Å². The number of hydrogen-bond acceptors (Lipinski definition) is 8. The maximum Gasteiger partial charge on any atom is 0.154 e. The predicted molar refractivity (Wildman–Crippen MR) is 139 cm³/mol. The number of halogens is 2. The third-order valence-corrected chi connectivity index (χ3v) is 6.37. The van der Waals surface area contributed by atoms with Crippen LogP contribution >= 0.6 is 23.2 Å². The van der Waals surface area contributed by atoms with Gasteiger partial charge in [0.15, 0.2) is 15.6 Å². The highest BCUT2D eigenvalue weighted by Crippen LogP contribution is 2.42. The molecule has 4 rings (SSSR count). The van der Waals surface area contributed by atoms with Gasteiger partial charge in [0.2, 0.25) is 0 Å². The van der Waals surface area contributed by atoms with Crippen molar-refractivity contribution in [3.63, 3.8) is 0 Å². The molecule has 0 radical (unpaired) electrons. The Hall–Kier alpha value is -3.19. The van der Waals surface area contributed by atoms with Crippen molar-refractivity contribution in [3.05, 3.63) is 64.7 Å². The minimum atomic E-state index is -3.23. The van der Waals surface area contributed by atoms with Crippen molar-refractivity contribution in [1.82, 2.24) is 9.97 Å². The largest absolute Gasteiger partial charge is 0.489 e. The molecule has 0 aliphatic carbocycles. The molecule has 2 aromatic carbocycles. The zero-order valence-corrected chi connectivity index (χ0v) is 21.7. The van der Waals surface area contributed by atoms with Crippen LogP contribution in [0.2, 0.25) is 5.02 Å². The Bertz CT molecular complexity index is 1410. The van der Waals surface area contributed by atoms with Crippen LogP contribution < -0.4 is 19.1 Å². The second-order valence-electron chi connectivity index (χ2n) is 7.94. The lowest BCUT2D eigenvalue weighted by atomic mass is 10.1. The average molecular weight is 548 g/mol. The molecule has 0 N–H and O–H groups in total. The van der Waals surface area contributed by atoms with Crippen LogP contribution in [-0.4, -0.2) is 50.3 Å². The van der Waals surface area contributed by atoms with Crippen LogP contribution in [0.4, 0.5) is 11.4 Å². The number of ether oxygens (including phenoxy) is 3. The summed E-state index contributed by atoms with van der Waals surface area (Å²) >= 11 is 12.2. The first-order chi connectivity index (χ1) is 17.3. The number of fused-ring (bicyclic) bond motifs is 1. The van der Waals surface area contributed by atoms with E-state index in [4.69, 9.17) is 43.8 Å². The summed E-state index contributed by atoms with van der Waals surface area (Å²) in [6.07, 6.45) is 8.36. The van der Waals surface area contributed by atoms with Crippen molar-refractivity contribution >= 4 is 44.4 Å². The molecule has 2 heterocycles. The maximum atomic E-state index is 11.5. The van der Waals surface area contributed by atoms with Gasteiger partial charge in [-0.05, 0) is 30.3 Å². The van der Waals surface area contributed by atoms with E-state index in [1.165, 1.54) is 6.20 Å². The van der Waals surface area contributed by atoms with Gasteiger partial charge in [-0.3, -0.25) is 0 Å². The van der Waals surface area contributed by atoms with Crippen LogP contribution in [0.1, 0.15) is 17.1 Å². The van der Waals surface area contributed by atoms with Crippen LogP contribution in [0.3, 0.4) is 0 Å². The first kappa shape index (κ1) is 25.9. The van der Waals surface area contributed by atoms with Gasteiger partial charge in [0.25, 0.3) is 0 Å². The summed E-state index contributed by atoms with van der Waals surface area (Å²) in [5.41, 5.74) is 2.75. The van der Waals surface area contributed by atoms with Gasteiger partial charge in [0.05, 0.1) is 34.4 Å². The summed E-state index contributed by atoms with van der Waals surface area (Å²) in [7, 11) is -3.23. The van der Waals surface area contributed by atoms with Crippen LogP contribution in [0, 0.1) is 12.3 Å². The zero-order chi connectivity index (χ0) is 25.7. The highest BCUT2D eigenvalue weighted by molar-refractivity contribution is 7.89. The standard InChI is InChI=1S/C25H23Cl2N3O5S/c1-3-17-12-19(13-21(27)25(17)34-10-7-26)30-9-11-33-23-14-20(4-5-22(23)30)35-15-18-6-8-28-24(29-18)16-36(2,31)32/h1,4-6,8,12-14H,7,9-11,15-16H2,2H3. The molecule has 1 aliphatic rings. The minimum Gasteiger partial charge on any atom is -0.489 e. The van der Waals surface area contributed by atoms with Crippen molar-refractivity contribution < 1.29 is 22.6 Å². The molecule has 188 valence electrons. The average Bonchev–Trinajstić information content (AvgIpc) is 2.85. The molecule has 0 bridgehead atoms. The Balaban J connectivity index is 1.53. The van der Waals surface area contributed by atoms with Crippen LogP contribution in [0.15, 0.2) is 42.6 Å². The molecular weight excluding hydrogens is 525 g/mol. The lowest BCUT2D eigenvalue weighted by molar-refractivity contribution is 0.289. The Labute approximate surface area is 220 Å². The smallest absolute Gasteiger partial charge is 0.154 e. The topological polar surface area (TPSA) is 90.9 Å². The van der Waals surface area contributed by atoms with Crippen molar-refractivity contribution in [3.8, 4) is 29.6 Å². The minimum absolute atomic E-state index is 0.146. The molecule has 0 atom stereocenters. The Morgan fingerprint density at radius 1 is 1.22 bits per heavy atom. The van der Waals surface area contributed by atoms with Crippen molar-refractivity contribution in [2.24, 2.45) is 0 Å². The van der Waals surface area contributed by atoms with Gasteiger partial charge in [0, 0.05) is 24.2 Å². The van der Waals surface area contributed by atoms with E-state index in [9.17, 15) is 8.42 Å². The van der Waals surface area contributed by atoms with Gasteiger partial charge in [-0.25, -0.2) is 18.4 Å². The van der Waals surface area contributed by atoms with Crippen molar-refractivity contribution in [2.75, 3.05) is 36.8 Å². The van der Waals surface area contributed by atoms with Gasteiger partial charge >= 0.3 is 0 Å². The molecule has 8 nitrogen and oxygen atoms in total. The van der Waals surface area contributed by atoms with Crippen molar-refractivity contribution in [1.29, 1.82) is 0 Å². The number of nitrogens with zero attached hydrogens (tertiary/aromatic N) is 3. The van der Waals surface area contributed by atoms with Crippen LogP contribution in [-0.2, 0) is 22.2 Å². The number of hydrogen-bond donors (Lipinski definition) is 0. The number of sulfone groups is 1. The van der Waals surface area contributed by atoms with Gasteiger partial charge in [-0.1, -0.05) is 17.5 Å². The quantitative estimate of drug-likeness (QED) is 0.288. The van der Waals surface area contributed by atoms with Crippen molar-refractivity contribution in [2.45, 2.75) is 12.4 Å². The summed E-state index contributed by atoms with van der Waals surface area (Å²) in [5, 5.41) is 0.402. The van der Waals surface area contributed by atoms with Gasteiger partial charge in [-0.15, -0.1) is 18.0 Å². The molecule has 1 aromatic heterocycles. The lowest BCUT2D eigenvalue weighted by Gasteiger charge is -2.32. The molecule has 0 saturated carbocycles. The number of benzene rings is 2. The van der Waals surface area contributed by atoms with Gasteiger partial charge in [-0.2, -0.15) is 0 Å². The summed E-state index contributed by atoms with van der Waals surface area (Å²) in [4.78, 5) is 10.3. The first-order valence-corrected chi connectivity index (χ1v) is 13.9. The normalized spacial score (nSPS) is 12.9. The van der Waals surface area contributed by atoms with Crippen LogP contribution in [0.5, 0.6) is 17.2 Å². The molecule has 0 unspecified atom stereocenters. The number of anilines is 2. The fourth-order valence-electron chi connectivity index (χ4n) is 3.67. The lowest BCUT2D eigenvalue weighted by Crippen LogP contribution is -2.28. The predicted octanol–water partition coefficient (Wildman–Crippen LogP) is 4.38. The molecule has 0 saturated heterocycles. The maximum absolute atomic E-state index is 11.5. The molecule has 11 heteroatoms.